The first-order valence-corrected chi connectivity index (χ1v) is 9.92. The van der Waals surface area contributed by atoms with Crippen molar-refractivity contribution < 1.29 is 22.7 Å². The Bertz CT molecular complexity index is 1030. The summed E-state index contributed by atoms with van der Waals surface area (Å²) < 4.78 is 45.4. The number of methoxy groups -OCH3 is 1. The van der Waals surface area contributed by atoms with Crippen LogP contribution >= 0.6 is 0 Å². The van der Waals surface area contributed by atoms with Gasteiger partial charge >= 0.3 is 6.18 Å². The molecular formula is C23H22F3N3O2. The minimum atomic E-state index is -4.57. The van der Waals surface area contributed by atoms with Crippen molar-refractivity contribution in [3.05, 3.63) is 83.4 Å². The van der Waals surface area contributed by atoms with Crippen molar-refractivity contribution in [2.75, 3.05) is 33.3 Å². The van der Waals surface area contributed by atoms with Crippen LogP contribution in [0.3, 0.4) is 0 Å². The zero-order valence-corrected chi connectivity index (χ0v) is 16.9. The number of allylic oxidation sites excluding steroid dienone is 6. The number of nitrogens with one attached hydrogen (secondary N) is 1. The van der Waals surface area contributed by atoms with Crippen LogP contribution in [0.5, 0.6) is 5.75 Å². The molecule has 4 rings (SSSR count). The topological polar surface area (TPSA) is 44.8 Å². The predicted octanol–water partition coefficient (Wildman–Crippen LogP) is 3.70. The number of carbonyl (C=O) groups is 1. The quantitative estimate of drug-likeness (QED) is 0.796. The van der Waals surface area contributed by atoms with Crippen molar-refractivity contribution >= 4 is 11.5 Å². The average molecular weight is 429 g/mol. The standard InChI is InChI=1S/C23H22F3N3O2/c1-31-22-19(6-3-7-20(22)23(24,25)26)16-4-2-5-17-8-9-18(15-29(17)21(30)14-16)28-12-10-27-11-13-28/h2-9,14-15,27H,10-13H2,1H3/b4-2?,16-14?,17-5+. The second kappa shape index (κ2) is 8.47. The van der Waals surface area contributed by atoms with Crippen molar-refractivity contribution in [3.8, 4) is 5.75 Å². The summed E-state index contributed by atoms with van der Waals surface area (Å²) in [5.74, 6) is -0.652. The lowest BCUT2D eigenvalue weighted by atomic mass is 9.98. The summed E-state index contributed by atoms with van der Waals surface area (Å²) in [6, 6.07) is 3.79. The highest BCUT2D eigenvalue weighted by Gasteiger charge is 2.35. The predicted molar refractivity (Wildman–Crippen MR) is 112 cm³/mol. The average Bonchev–Trinajstić information content (AvgIpc) is 2.76. The molecule has 0 spiro atoms. The van der Waals surface area contributed by atoms with Gasteiger partial charge in [-0.3, -0.25) is 9.69 Å². The van der Waals surface area contributed by atoms with Gasteiger partial charge in [0.1, 0.15) is 5.75 Å². The summed E-state index contributed by atoms with van der Waals surface area (Å²) in [6.45, 7) is 3.40. The van der Waals surface area contributed by atoms with Gasteiger partial charge in [-0.1, -0.05) is 24.3 Å². The molecule has 3 aliphatic heterocycles. The van der Waals surface area contributed by atoms with Crippen molar-refractivity contribution in [1.29, 1.82) is 0 Å². The Hall–Kier alpha value is -3.26. The van der Waals surface area contributed by atoms with E-state index in [1.54, 1.807) is 24.4 Å². The van der Waals surface area contributed by atoms with Crippen LogP contribution in [0.2, 0.25) is 0 Å². The number of piperazine rings is 1. The van der Waals surface area contributed by atoms with Crippen LogP contribution in [0.25, 0.3) is 5.57 Å². The van der Waals surface area contributed by atoms with Crippen molar-refractivity contribution in [3.63, 3.8) is 0 Å². The van der Waals surface area contributed by atoms with E-state index >= 15 is 0 Å². The lowest BCUT2D eigenvalue weighted by Gasteiger charge is -2.33. The number of benzene rings is 1. The molecule has 1 N–H and O–H groups in total. The molecule has 5 nitrogen and oxygen atoms in total. The number of hydrogen-bond donors (Lipinski definition) is 1. The van der Waals surface area contributed by atoms with Crippen molar-refractivity contribution in [2.45, 2.75) is 6.18 Å². The van der Waals surface area contributed by atoms with Crippen LogP contribution in [-0.2, 0) is 11.0 Å². The second-order valence-corrected chi connectivity index (χ2v) is 7.27. The SMILES string of the molecule is COc1c(C2=CC(=O)N3C=C(N4CCNCC4)C=C/C3=C\C=C2)cccc1C(F)(F)F. The third kappa shape index (κ3) is 4.29. The van der Waals surface area contributed by atoms with E-state index < -0.39 is 11.7 Å². The molecule has 3 heterocycles. The molecule has 0 aliphatic carbocycles. The summed E-state index contributed by atoms with van der Waals surface area (Å²) in [5, 5.41) is 3.29. The van der Waals surface area contributed by atoms with Crippen LogP contribution in [-0.4, -0.2) is 49.0 Å². The fourth-order valence-corrected chi connectivity index (χ4v) is 3.81. The molecule has 0 bridgehead atoms. The van der Waals surface area contributed by atoms with E-state index in [1.807, 2.05) is 12.2 Å². The Morgan fingerprint density at radius 1 is 1.06 bits per heavy atom. The smallest absolute Gasteiger partial charge is 0.419 e. The molecule has 1 aromatic carbocycles. The van der Waals surface area contributed by atoms with E-state index in [2.05, 4.69) is 10.2 Å². The van der Waals surface area contributed by atoms with E-state index in [4.69, 9.17) is 4.74 Å². The van der Waals surface area contributed by atoms with Gasteiger partial charge in [-0.15, -0.1) is 0 Å². The Morgan fingerprint density at radius 2 is 1.81 bits per heavy atom. The molecule has 0 aromatic heterocycles. The second-order valence-electron chi connectivity index (χ2n) is 7.27. The van der Waals surface area contributed by atoms with Crippen LogP contribution < -0.4 is 10.1 Å². The Balaban J connectivity index is 1.72. The molecule has 0 saturated carbocycles. The molecule has 162 valence electrons. The van der Waals surface area contributed by atoms with Gasteiger partial charge in [-0.2, -0.15) is 13.2 Å². The Labute approximate surface area is 178 Å². The number of hydrogen-bond acceptors (Lipinski definition) is 4. The lowest BCUT2D eigenvalue weighted by Crippen LogP contribution is -2.43. The highest BCUT2D eigenvalue weighted by atomic mass is 19.4. The largest absolute Gasteiger partial charge is 0.495 e. The Morgan fingerprint density at radius 3 is 2.52 bits per heavy atom. The molecule has 0 radical (unpaired) electrons. The number of para-hydroxylation sites is 1. The normalized spacial score (nSPS) is 20.9. The maximum Gasteiger partial charge on any atom is 0.419 e. The van der Waals surface area contributed by atoms with Crippen LogP contribution in [0.4, 0.5) is 13.2 Å². The molecule has 3 aliphatic rings. The number of carbonyl (C=O) groups excluding carboxylic acids is 1. The van der Waals surface area contributed by atoms with E-state index in [1.165, 1.54) is 30.2 Å². The zero-order chi connectivity index (χ0) is 22.0. The molecule has 1 fully saturated rings. The molecular weight excluding hydrogens is 407 g/mol. The van der Waals surface area contributed by atoms with E-state index in [-0.39, 0.29) is 17.2 Å². The maximum absolute atomic E-state index is 13.4. The monoisotopic (exact) mass is 429 g/mol. The number of nitrogens with zero attached hydrogens (tertiary/aromatic N) is 2. The number of ether oxygens (including phenoxy) is 1. The van der Waals surface area contributed by atoms with Gasteiger partial charge < -0.3 is 15.0 Å². The molecule has 1 saturated heterocycles. The lowest BCUT2D eigenvalue weighted by molar-refractivity contribution is -0.138. The molecule has 0 unspecified atom stereocenters. The maximum atomic E-state index is 13.4. The number of rotatable bonds is 3. The van der Waals surface area contributed by atoms with Gasteiger partial charge in [0.15, 0.2) is 0 Å². The molecule has 31 heavy (non-hydrogen) atoms. The first-order chi connectivity index (χ1) is 14.9. The molecule has 8 heteroatoms. The molecule has 1 amide bonds. The molecule has 0 atom stereocenters. The first kappa shape index (κ1) is 21.0. The summed E-state index contributed by atoms with van der Waals surface area (Å²) in [4.78, 5) is 16.8. The summed E-state index contributed by atoms with van der Waals surface area (Å²) in [7, 11) is 1.19. The van der Waals surface area contributed by atoms with E-state index in [9.17, 15) is 18.0 Å². The van der Waals surface area contributed by atoms with E-state index in [0.29, 0.717) is 11.3 Å². The van der Waals surface area contributed by atoms with Gasteiger partial charge in [0.05, 0.1) is 18.4 Å². The first-order valence-electron chi connectivity index (χ1n) is 9.92. The van der Waals surface area contributed by atoms with Crippen LogP contribution in [0.15, 0.2) is 72.2 Å². The van der Waals surface area contributed by atoms with Crippen LogP contribution in [0.1, 0.15) is 11.1 Å². The summed E-state index contributed by atoms with van der Waals surface area (Å²) in [6.07, 6.45) is 7.47. The number of amides is 1. The summed E-state index contributed by atoms with van der Waals surface area (Å²) in [5.41, 5.74) is 1.27. The number of alkyl halides is 3. The Kier molecular flexibility index (Phi) is 5.73. The highest BCUT2D eigenvalue weighted by Crippen LogP contribution is 2.40. The fraction of sp³-hybridized carbons (Fsp3) is 0.261. The third-order valence-corrected chi connectivity index (χ3v) is 5.34. The van der Waals surface area contributed by atoms with Gasteiger partial charge in [-0.25, -0.2) is 0 Å². The van der Waals surface area contributed by atoms with Crippen molar-refractivity contribution in [1.82, 2.24) is 15.1 Å². The van der Waals surface area contributed by atoms with Gasteiger partial charge in [0.2, 0.25) is 0 Å². The third-order valence-electron chi connectivity index (χ3n) is 5.34. The van der Waals surface area contributed by atoms with Gasteiger partial charge in [-0.05, 0) is 29.9 Å². The number of halogens is 3. The van der Waals surface area contributed by atoms with Crippen LogP contribution in [0, 0.1) is 0 Å². The molecule has 1 aromatic rings. The summed E-state index contributed by atoms with van der Waals surface area (Å²) >= 11 is 0. The number of fused-ring (bicyclic) bond motifs is 1. The fourth-order valence-electron chi connectivity index (χ4n) is 3.81. The van der Waals surface area contributed by atoms with Crippen molar-refractivity contribution in [2.24, 2.45) is 0 Å². The van der Waals surface area contributed by atoms with E-state index in [0.717, 1.165) is 37.9 Å². The highest BCUT2D eigenvalue weighted by molar-refractivity contribution is 6.00. The van der Waals surface area contributed by atoms with Gasteiger partial charge in [0.25, 0.3) is 5.91 Å². The zero-order valence-electron chi connectivity index (χ0n) is 16.9. The minimum Gasteiger partial charge on any atom is -0.495 e. The minimum absolute atomic E-state index is 0.206. The van der Waals surface area contributed by atoms with Gasteiger partial charge in [0, 0.05) is 49.7 Å².